The summed E-state index contributed by atoms with van der Waals surface area (Å²) in [7, 11) is 0. The Morgan fingerprint density at radius 1 is 0.303 bits per heavy atom. The van der Waals surface area contributed by atoms with Gasteiger partial charge in [0.25, 0.3) is 0 Å². The van der Waals surface area contributed by atoms with Crippen LogP contribution < -0.4 is 0 Å². The minimum Gasteiger partial charge on any atom is -0.616 e. The van der Waals surface area contributed by atoms with E-state index in [4.69, 9.17) is 0 Å². The summed E-state index contributed by atoms with van der Waals surface area (Å²) in [6, 6.07) is 0. The van der Waals surface area contributed by atoms with Gasteiger partial charge in [-0.15, -0.1) is 0 Å². The molecule has 0 rings (SSSR count). The van der Waals surface area contributed by atoms with E-state index in [1.165, 1.54) is 116 Å². The van der Waals surface area contributed by atoms with Gasteiger partial charge in [0.15, 0.2) is 0 Å². The van der Waals surface area contributed by atoms with Crippen molar-refractivity contribution in [1.82, 2.24) is 0 Å². The van der Waals surface area contributed by atoms with E-state index >= 15 is 0 Å². The lowest BCUT2D eigenvalue weighted by Gasteiger charge is -2.12. The summed E-state index contributed by atoms with van der Waals surface area (Å²) in [4.78, 5) is 0. The van der Waals surface area contributed by atoms with Gasteiger partial charge in [-0.25, -0.2) is 0 Å². The number of rotatable bonds is 28. The molecule has 0 N–H and O–H groups in total. The molecular weight excluding hydrogens is 444 g/mol. The Morgan fingerprint density at radius 2 is 0.485 bits per heavy atom. The second-order valence-electron chi connectivity index (χ2n) is 10.1. The molecule has 0 spiro atoms. The normalized spacial score (nSPS) is 13.5. The molecule has 0 saturated heterocycles. The molecule has 0 aromatic carbocycles. The van der Waals surface area contributed by atoms with Gasteiger partial charge in [-0.3, -0.25) is 0 Å². The minimum atomic E-state index is -0.635. The maximum atomic E-state index is 12.1. The summed E-state index contributed by atoms with van der Waals surface area (Å²) in [6.45, 7) is 4.54. The van der Waals surface area contributed by atoms with E-state index in [1.54, 1.807) is 0 Å². The summed E-state index contributed by atoms with van der Waals surface area (Å²) < 4.78 is 24.3. The predicted molar refractivity (Wildman–Crippen MR) is 153 cm³/mol. The highest BCUT2D eigenvalue weighted by Gasteiger charge is 2.08. The van der Waals surface area contributed by atoms with E-state index in [-0.39, 0.29) is 0 Å². The molecule has 2 atom stereocenters. The predicted octanol–water partition coefficient (Wildman–Crippen LogP) is 9.50. The highest BCUT2D eigenvalue weighted by atomic mass is 32.2. The van der Waals surface area contributed by atoms with Crippen LogP contribution in [0.1, 0.15) is 162 Å². The third kappa shape index (κ3) is 28.7. The SMILES string of the molecule is CCCCCCCCCCCC[S+]([O-])CCCCC[S+]([O-])CCCCCCCCCCCC. The molecule has 0 aromatic rings. The van der Waals surface area contributed by atoms with Crippen molar-refractivity contribution in [3.63, 3.8) is 0 Å². The Kier molecular flexibility index (Phi) is 29.4. The number of hydrogen-bond donors (Lipinski definition) is 0. The lowest BCUT2D eigenvalue weighted by atomic mass is 10.1. The van der Waals surface area contributed by atoms with E-state index in [1.807, 2.05) is 0 Å². The molecule has 0 fully saturated rings. The van der Waals surface area contributed by atoms with Crippen molar-refractivity contribution >= 4 is 22.4 Å². The Balaban J connectivity index is 3.26. The fourth-order valence-corrected chi connectivity index (χ4v) is 6.92. The molecule has 0 radical (unpaired) electrons. The van der Waals surface area contributed by atoms with Crippen molar-refractivity contribution in [2.75, 3.05) is 23.0 Å². The lowest BCUT2D eigenvalue weighted by Crippen LogP contribution is -2.13. The van der Waals surface area contributed by atoms with Crippen LogP contribution in [0.25, 0.3) is 0 Å². The highest BCUT2D eigenvalue weighted by molar-refractivity contribution is 7.91. The first-order chi connectivity index (χ1) is 16.2. The van der Waals surface area contributed by atoms with Crippen LogP contribution in [0.3, 0.4) is 0 Å². The summed E-state index contributed by atoms with van der Waals surface area (Å²) >= 11 is -1.27. The molecule has 33 heavy (non-hydrogen) atoms. The van der Waals surface area contributed by atoms with E-state index in [0.29, 0.717) is 0 Å². The summed E-state index contributed by atoms with van der Waals surface area (Å²) in [6.07, 6.45) is 29.9. The third-order valence-corrected chi connectivity index (χ3v) is 9.67. The fourth-order valence-electron chi connectivity index (χ4n) is 4.41. The van der Waals surface area contributed by atoms with Gasteiger partial charge in [-0.2, -0.15) is 0 Å². The number of unbranched alkanes of at least 4 members (excludes halogenated alkanes) is 20. The van der Waals surface area contributed by atoms with Crippen LogP contribution >= 0.6 is 0 Å². The molecule has 2 unspecified atom stereocenters. The highest BCUT2D eigenvalue weighted by Crippen LogP contribution is 2.13. The Labute approximate surface area is 215 Å². The van der Waals surface area contributed by atoms with Crippen LogP contribution in [-0.2, 0) is 22.4 Å². The van der Waals surface area contributed by atoms with Gasteiger partial charge in [0, 0.05) is 0 Å². The minimum absolute atomic E-state index is 0.635. The van der Waals surface area contributed by atoms with Gasteiger partial charge < -0.3 is 9.11 Å². The van der Waals surface area contributed by atoms with Gasteiger partial charge in [-0.1, -0.05) is 139 Å². The summed E-state index contributed by atoms with van der Waals surface area (Å²) in [5.41, 5.74) is 0. The van der Waals surface area contributed by atoms with Gasteiger partial charge in [0.1, 0.15) is 23.0 Å². The first-order valence-corrected chi connectivity index (χ1v) is 17.9. The van der Waals surface area contributed by atoms with E-state index < -0.39 is 22.4 Å². The Bertz CT molecular complexity index is 323. The zero-order chi connectivity index (χ0) is 24.2. The molecule has 0 bridgehead atoms. The topological polar surface area (TPSA) is 46.1 Å². The average Bonchev–Trinajstić information content (AvgIpc) is 2.81. The molecule has 0 aliphatic rings. The van der Waals surface area contributed by atoms with Gasteiger partial charge in [-0.05, 0) is 44.9 Å². The van der Waals surface area contributed by atoms with E-state index in [9.17, 15) is 9.11 Å². The van der Waals surface area contributed by atoms with Crippen molar-refractivity contribution in [2.24, 2.45) is 0 Å². The first kappa shape index (κ1) is 33.6. The van der Waals surface area contributed by atoms with Crippen molar-refractivity contribution in [3.8, 4) is 0 Å². The molecule has 0 aliphatic carbocycles. The molecule has 0 saturated carbocycles. The Hall–Kier alpha value is 0.620. The summed E-state index contributed by atoms with van der Waals surface area (Å²) in [5.74, 6) is 3.48. The monoisotopic (exact) mass is 504 g/mol. The van der Waals surface area contributed by atoms with Crippen LogP contribution in [0, 0.1) is 0 Å². The molecular formula is C29H60O2S2. The van der Waals surface area contributed by atoms with Crippen LogP contribution in [0.5, 0.6) is 0 Å². The van der Waals surface area contributed by atoms with Gasteiger partial charge in [0.2, 0.25) is 0 Å². The lowest BCUT2D eigenvalue weighted by molar-refractivity contribution is 0.556. The zero-order valence-electron chi connectivity index (χ0n) is 22.7. The largest absolute Gasteiger partial charge is 0.616 e. The van der Waals surface area contributed by atoms with Crippen LogP contribution in [0.15, 0.2) is 0 Å². The van der Waals surface area contributed by atoms with Crippen molar-refractivity contribution in [3.05, 3.63) is 0 Å². The maximum absolute atomic E-state index is 12.1. The van der Waals surface area contributed by atoms with Crippen molar-refractivity contribution < 1.29 is 9.11 Å². The summed E-state index contributed by atoms with van der Waals surface area (Å²) in [5, 5.41) is 0. The fraction of sp³-hybridized carbons (Fsp3) is 1.00. The second kappa shape index (κ2) is 28.9. The maximum Gasteiger partial charge on any atom is 0.105 e. The molecule has 0 heterocycles. The molecule has 0 amide bonds. The molecule has 2 nitrogen and oxygen atoms in total. The number of hydrogen-bond acceptors (Lipinski definition) is 2. The van der Waals surface area contributed by atoms with Crippen LogP contribution in [-0.4, -0.2) is 32.1 Å². The van der Waals surface area contributed by atoms with E-state index in [2.05, 4.69) is 13.8 Å². The second-order valence-corrected chi connectivity index (χ2v) is 13.5. The molecule has 0 aliphatic heterocycles. The zero-order valence-corrected chi connectivity index (χ0v) is 24.4. The van der Waals surface area contributed by atoms with Crippen molar-refractivity contribution in [1.29, 1.82) is 0 Å². The standard InChI is InChI=1S/C29H60O2S2/c1-3-5-7-9-11-13-15-17-19-22-26-32(30)28-24-21-25-29-33(31)27-23-20-18-16-14-12-10-8-6-4-2/h3-29H2,1-2H3. The van der Waals surface area contributed by atoms with Crippen molar-refractivity contribution in [2.45, 2.75) is 162 Å². The smallest absolute Gasteiger partial charge is 0.105 e. The third-order valence-electron chi connectivity index (χ3n) is 6.70. The Morgan fingerprint density at radius 3 is 0.727 bits per heavy atom. The quantitative estimate of drug-likeness (QED) is 0.0786. The van der Waals surface area contributed by atoms with Gasteiger partial charge >= 0.3 is 0 Å². The average molecular weight is 505 g/mol. The van der Waals surface area contributed by atoms with Crippen LogP contribution in [0.2, 0.25) is 0 Å². The molecule has 4 heteroatoms. The van der Waals surface area contributed by atoms with Gasteiger partial charge in [0.05, 0.1) is 0 Å². The first-order valence-electron chi connectivity index (χ1n) is 14.9. The molecule has 200 valence electrons. The molecule has 0 aromatic heterocycles. The van der Waals surface area contributed by atoms with Crippen LogP contribution in [0.4, 0.5) is 0 Å². The van der Waals surface area contributed by atoms with E-state index in [0.717, 1.165) is 55.1 Å².